The molecule has 0 atom stereocenters. The van der Waals surface area contributed by atoms with Crippen molar-refractivity contribution in [2.45, 2.75) is 6.92 Å². The number of aromatic nitrogens is 1. The number of pyridine rings is 2. The maximum atomic E-state index is 14.8. The van der Waals surface area contributed by atoms with Crippen LogP contribution < -0.4 is 5.43 Å². The first-order chi connectivity index (χ1) is 14.3. The fraction of sp³-hybridized carbons (Fsp3) is 0.0435. The minimum atomic E-state index is -1.07. The Balaban J connectivity index is 2.05. The molecule has 7 heteroatoms. The van der Waals surface area contributed by atoms with Gasteiger partial charge in [-0.05, 0) is 43.3 Å². The average molecular weight is 411 g/mol. The molecule has 0 unspecified atom stereocenters. The van der Waals surface area contributed by atoms with Crippen molar-refractivity contribution in [2.24, 2.45) is 0 Å². The zero-order chi connectivity index (χ0) is 21.6. The quantitative estimate of drug-likeness (QED) is 0.335. The molecule has 150 valence electrons. The van der Waals surface area contributed by atoms with Crippen LogP contribution in [0.1, 0.15) is 17.3 Å². The summed E-state index contributed by atoms with van der Waals surface area (Å²) in [4.78, 5) is 24.1. The van der Waals surface area contributed by atoms with E-state index in [9.17, 15) is 27.2 Å². The van der Waals surface area contributed by atoms with Crippen LogP contribution >= 0.6 is 0 Å². The van der Waals surface area contributed by atoms with Gasteiger partial charge in [0, 0.05) is 29.5 Å². The molecule has 0 fully saturated rings. The minimum absolute atomic E-state index is 0.0458. The summed E-state index contributed by atoms with van der Waals surface area (Å²) in [5.41, 5.74) is -1.25. The van der Waals surface area contributed by atoms with E-state index in [2.05, 4.69) is 0 Å². The third-order valence-corrected chi connectivity index (χ3v) is 4.81. The first-order valence-corrected chi connectivity index (χ1v) is 8.88. The van der Waals surface area contributed by atoms with Gasteiger partial charge in [0.1, 0.15) is 23.3 Å². The van der Waals surface area contributed by atoms with E-state index in [0.29, 0.717) is 0 Å². The monoisotopic (exact) mass is 411 g/mol. The Morgan fingerprint density at radius 3 is 2.17 bits per heavy atom. The number of hydrogen-bond acceptors (Lipinski definition) is 2. The molecule has 0 aliphatic carbocycles. The Morgan fingerprint density at radius 2 is 1.53 bits per heavy atom. The maximum Gasteiger partial charge on any atom is 0.190 e. The third kappa shape index (κ3) is 3.18. The number of fused-ring (bicyclic) bond motifs is 1. The van der Waals surface area contributed by atoms with Crippen molar-refractivity contribution in [1.29, 1.82) is 0 Å². The second kappa shape index (κ2) is 7.26. The molecule has 0 aliphatic rings. The van der Waals surface area contributed by atoms with E-state index < -0.39 is 40.0 Å². The Bertz CT molecular complexity index is 1370. The molecule has 0 saturated heterocycles. The molecule has 0 radical (unpaired) electrons. The smallest absolute Gasteiger partial charge is 0.190 e. The summed E-state index contributed by atoms with van der Waals surface area (Å²) in [7, 11) is 0. The normalized spacial score (nSPS) is 11.1. The highest BCUT2D eigenvalue weighted by atomic mass is 19.1. The molecule has 4 aromatic rings. The Morgan fingerprint density at radius 1 is 0.833 bits per heavy atom. The second-order valence-electron chi connectivity index (χ2n) is 6.72. The van der Waals surface area contributed by atoms with Gasteiger partial charge in [-0.25, -0.2) is 17.6 Å². The van der Waals surface area contributed by atoms with E-state index in [1.807, 2.05) is 0 Å². The maximum absolute atomic E-state index is 14.8. The van der Waals surface area contributed by atoms with Gasteiger partial charge in [-0.3, -0.25) is 9.59 Å². The highest BCUT2D eigenvalue weighted by Gasteiger charge is 2.21. The summed E-state index contributed by atoms with van der Waals surface area (Å²) in [6, 6.07) is 10.4. The van der Waals surface area contributed by atoms with E-state index in [0.717, 1.165) is 30.3 Å². The van der Waals surface area contributed by atoms with Gasteiger partial charge in [-0.1, -0.05) is 6.07 Å². The van der Waals surface area contributed by atoms with Gasteiger partial charge in [0.05, 0.1) is 22.3 Å². The van der Waals surface area contributed by atoms with Gasteiger partial charge < -0.3 is 4.40 Å². The average Bonchev–Trinajstić information content (AvgIpc) is 2.68. The summed E-state index contributed by atoms with van der Waals surface area (Å²) >= 11 is 0. The highest BCUT2D eigenvalue weighted by molar-refractivity contribution is 5.95. The van der Waals surface area contributed by atoms with Crippen molar-refractivity contribution in [2.75, 3.05) is 0 Å². The van der Waals surface area contributed by atoms with Crippen LogP contribution in [0.3, 0.4) is 0 Å². The van der Waals surface area contributed by atoms with Crippen LogP contribution in [-0.4, -0.2) is 10.2 Å². The molecule has 2 aromatic heterocycles. The van der Waals surface area contributed by atoms with E-state index in [1.165, 1.54) is 41.8 Å². The molecule has 0 amide bonds. The number of halogens is 4. The van der Waals surface area contributed by atoms with Crippen molar-refractivity contribution in [1.82, 2.24) is 4.40 Å². The van der Waals surface area contributed by atoms with Gasteiger partial charge >= 0.3 is 0 Å². The van der Waals surface area contributed by atoms with Crippen LogP contribution in [0.25, 0.3) is 27.9 Å². The zero-order valence-electron chi connectivity index (χ0n) is 15.5. The van der Waals surface area contributed by atoms with Crippen LogP contribution in [0.5, 0.6) is 0 Å². The lowest BCUT2D eigenvalue weighted by molar-refractivity contribution is 0.101. The van der Waals surface area contributed by atoms with Crippen molar-refractivity contribution in [3.63, 3.8) is 0 Å². The molecular weight excluding hydrogens is 398 g/mol. The largest absolute Gasteiger partial charge is 0.316 e. The number of benzene rings is 2. The van der Waals surface area contributed by atoms with Gasteiger partial charge in [-0.2, -0.15) is 0 Å². The van der Waals surface area contributed by atoms with Crippen molar-refractivity contribution in [3.05, 3.63) is 99.8 Å². The third-order valence-electron chi connectivity index (χ3n) is 4.81. The van der Waals surface area contributed by atoms with Gasteiger partial charge in [0.2, 0.25) is 0 Å². The van der Waals surface area contributed by atoms with Crippen molar-refractivity contribution < 1.29 is 22.4 Å². The lowest BCUT2D eigenvalue weighted by Crippen LogP contribution is -2.11. The van der Waals surface area contributed by atoms with Crippen LogP contribution in [0.4, 0.5) is 17.6 Å². The van der Waals surface area contributed by atoms with Crippen LogP contribution in [0, 0.1) is 23.3 Å². The summed E-state index contributed by atoms with van der Waals surface area (Å²) in [6.45, 7) is 1.17. The van der Waals surface area contributed by atoms with E-state index >= 15 is 0 Å². The number of nitrogens with zero attached hydrogens (tertiary/aromatic N) is 1. The SMILES string of the molecule is CC(=O)c1cc(F)c(-c2c(=O)ccn3c(-c4ccc(F)cc4F)cccc23)c(F)c1. The molecule has 3 nitrogen and oxygen atoms in total. The molecule has 2 aromatic carbocycles. The predicted octanol–water partition coefficient (Wildman–Crippen LogP) is 5.39. The standard InChI is InChI=1S/C23H13F4NO2/c1-12(29)13-9-17(26)22(18(27)10-13)23-20-4-2-3-19(28(20)8-7-21(23)30)15-6-5-14(24)11-16(15)25/h2-11H,1H3. The van der Waals surface area contributed by atoms with Crippen molar-refractivity contribution in [3.8, 4) is 22.4 Å². The van der Waals surface area contributed by atoms with Crippen LogP contribution in [0.2, 0.25) is 0 Å². The Hall–Kier alpha value is -3.74. The fourth-order valence-electron chi connectivity index (χ4n) is 3.42. The minimum Gasteiger partial charge on any atom is -0.316 e. The van der Waals surface area contributed by atoms with Gasteiger partial charge in [0.15, 0.2) is 11.2 Å². The summed E-state index contributed by atoms with van der Waals surface area (Å²) in [5.74, 6) is -4.24. The zero-order valence-corrected chi connectivity index (χ0v) is 15.5. The number of ketones is 1. The highest BCUT2D eigenvalue weighted by Crippen LogP contribution is 2.31. The summed E-state index contributed by atoms with van der Waals surface area (Å²) in [6.07, 6.45) is 1.35. The molecule has 0 bridgehead atoms. The van der Waals surface area contributed by atoms with Gasteiger partial charge in [-0.15, -0.1) is 0 Å². The van der Waals surface area contributed by atoms with E-state index in [4.69, 9.17) is 0 Å². The Kier molecular flexibility index (Phi) is 4.73. The molecule has 0 N–H and O–H groups in total. The van der Waals surface area contributed by atoms with Crippen LogP contribution in [0.15, 0.2) is 65.6 Å². The lowest BCUT2D eigenvalue weighted by Gasteiger charge is -2.14. The number of carbonyl (C=O) groups excluding carboxylic acids is 1. The second-order valence-corrected chi connectivity index (χ2v) is 6.72. The van der Waals surface area contributed by atoms with E-state index in [-0.39, 0.29) is 27.9 Å². The van der Waals surface area contributed by atoms with Crippen molar-refractivity contribution >= 4 is 11.3 Å². The number of hydrogen-bond donors (Lipinski definition) is 0. The lowest BCUT2D eigenvalue weighted by atomic mass is 9.99. The molecular formula is C23H13F4NO2. The molecule has 0 aliphatic heterocycles. The molecule has 0 saturated carbocycles. The topological polar surface area (TPSA) is 38.5 Å². The van der Waals surface area contributed by atoms with E-state index in [1.54, 1.807) is 0 Å². The summed E-state index contributed by atoms with van der Waals surface area (Å²) < 4.78 is 58.5. The Labute approximate surface area is 167 Å². The summed E-state index contributed by atoms with van der Waals surface area (Å²) in [5, 5.41) is 0. The first kappa shape index (κ1) is 19.6. The molecule has 0 spiro atoms. The van der Waals surface area contributed by atoms with Crippen LogP contribution in [-0.2, 0) is 0 Å². The molecule has 30 heavy (non-hydrogen) atoms. The number of carbonyl (C=O) groups is 1. The first-order valence-electron chi connectivity index (χ1n) is 8.88. The molecule has 2 heterocycles. The number of rotatable bonds is 3. The predicted molar refractivity (Wildman–Crippen MR) is 104 cm³/mol. The number of Topliss-reactive ketones (excluding diaryl/α,β-unsaturated/α-hetero) is 1. The fourth-order valence-corrected chi connectivity index (χ4v) is 3.42. The van der Waals surface area contributed by atoms with Gasteiger partial charge in [0.25, 0.3) is 0 Å². The molecule has 4 rings (SSSR count).